The van der Waals surface area contributed by atoms with Crippen LogP contribution in [0.15, 0.2) is 18.2 Å². The van der Waals surface area contributed by atoms with Crippen LogP contribution >= 0.6 is 0 Å². The summed E-state index contributed by atoms with van der Waals surface area (Å²) in [6.07, 6.45) is -0.633. The van der Waals surface area contributed by atoms with E-state index in [4.69, 9.17) is 0 Å². The Labute approximate surface area is 135 Å². The molecule has 0 N–H and O–H groups in total. The van der Waals surface area contributed by atoms with E-state index in [0.29, 0.717) is 17.4 Å². The van der Waals surface area contributed by atoms with Gasteiger partial charge < -0.3 is 4.79 Å². The molecule has 2 atom stereocenters. The van der Waals surface area contributed by atoms with Crippen LogP contribution in [-0.2, 0) is 21.2 Å². The van der Waals surface area contributed by atoms with Crippen LogP contribution < -0.4 is 0 Å². The SMILES string of the molecule is CC(C)(C)S(=O)(=O)N1C[C@@H](F)C[C@H]1c1cc(F)cc(CC=O)c1. The van der Waals surface area contributed by atoms with Crippen molar-refractivity contribution in [3.05, 3.63) is 35.1 Å². The molecule has 2 rings (SSSR count). The molecule has 1 heterocycles. The number of aldehydes is 1. The number of benzene rings is 1. The molecule has 1 fully saturated rings. The van der Waals surface area contributed by atoms with Crippen molar-refractivity contribution in [3.8, 4) is 0 Å². The zero-order chi connectivity index (χ0) is 17.4. The van der Waals surface area contributed by atoms with Crippen LogP contribution in [0.25, 0.3) is 0 Å². The molecule has 0 unspecified atom stereocenters. The second-order valence-electron chi connectivity index (χ2n) is 6.80. The predicted octanol–water partition coefficient (Wildman–Crippen LogP) is 2.78. The highest BCUT2D eigenvalue weighted by molar-refractivity contribution is 7.90. The molecule has 0 spiro atoms. The fraction of sp³-hybridized carbons (Fsp3) is 0.562. The highest BCUT2D eigenvalue weighted by Crippen LogP contribution is 2.39. The molecule has 4 nitrogen and oxygen atoms in total. The van der Waals surface area contributed by atoms with Crippen LogP contribution in [-0.4, -0.2) is 36.5 Å². The molecule has 1 aromatic carbocycles. The van der Waals surface area contributed by atoms with E-state index in [2.05, 4.69) is 0 Å². The second kappa shape index (κ2) is 6.28. The Morgan fingerprint density at radius 2 is 1.96 bits per heavy atom. The van der Waals surface area contributed by atoms with E-state index in [1.165, 1.54) is 12.1 Å². The average Bonchev–Trinajstić information content (AvgIpc) is 2.80. The molecule has 0 saturated carbocycles. The largest absolute Gasteiger partial charge is 0.303 e. The lowest BCUT2D eigenvalue weighted by atomic mass is 10.0. The van der Waals surface area contributed by atoms with Crippen LogP contribution in [0, 0.1) is 5.82 Å². The van der Waals surface area contributed by atoms with Gasteiger partial charge in [-0.25, -0.2) is 17.2 Å². The van der Waals surface area contributed by atoms with Gasteiger partial charge in [-0.05, 0) is 44.0 Å². The fourth-order valence-corrected chi connectivity index (χ4v) is 4.36. The van der Waals surface area contributed by atoms with Crippen molar-refractivity contribution in [1.82, 2.24) is 4.31 Å². The van der Waals surface area contributed by atoms with Gasteiger partial charge in [-0.2, -0.15) is 4.31 Å². The maximum atomic E-state index is 13.9. The molecule has 0 amide bonds. The number of sulfonamides is 1. The topological polar surface area (TPSA) is 54.5 Å². The molecule has 0 aliphatic carbocycles. The summed E-state index contributed by atoms with van der Waals surface area (Å²) in [7, 11) is -3.74. The van der Waals surface area contributed by atoms with Gasteiger partial charge in [0, 0.05) is 19.4 Å². The molecule has 1 aliphatic heterocycles. The van der Waals surface area contributed by atoms with E-state index in [1.54, 1.807) is 26.8 Å². The summed E-state index contributed by atoms with van der Waals surface area (Å²) >= 11 is 0. The molecule has 7 heteroatoms. The van der Waals surface area contributed by atoms with Gasteiger partial charge in [0.25, 0.3) is 0 Å². The lowest BCUT2D eigenvalue weighted by Gasteiger charge is -2.31. The van der Waals surface area contributed by atoms with E-state index in [1.807, 2.05) is 0 Å². The summed E-state index contributed by atoms with van der Waals surface area (Å²) in [4.78, 5) is 10.6. The second-order valence-corrected chi connectivity index (χ2v) is 9.44. The number of nitrogens with zero attached hydrogens (tertiary/aromatic N) is 1. The zero-order valence-electron chi connectivity index (χ0n) is 13.4. The van der Waals surface area contributed by atoms with Crippen molar-refractivity contribution < 1.29 is 22.0 Å². The molecule has 23 heavy (non-hydrogen) atoms. The third-order valence-corrected chi connectivity index (χ3v) is 6.54. The number of carbonyl (C=O) groups is 1. The minimum absolute atomic E-state index is 0.0146. The van der Waals surface area contributed by atoms with Crippen LogP contribution in [0.1, 0.15) is 44.4 Å². The lowest BCUT2D eigenvalue weighted by Crippen LogP contribution is -2.43. The summed E-state index contributed by atoms with van der Waals surface area (Å²) in [5.74, 6) is -0.560. The molecular formula is C16H21F2NO3S. The number of hydrogen-bond acceptors (Lipinski definition) is 3. The van der Waals surface area contributed by atoms with Gasteiger partial charge >= 0.3 is 0 Å². The monoisotopic (exact) mass is 345 g/mol. The molecule has 1 aromatic rings. The number of halogens is 2. The smallest absolute Gasteiger partial charge is 0.219 e. The molecule has 0 bridgehead atoms. The van der Waals surface area contributed by atoms with E-state index in [9.17, 15) is 22.0 Å². The minimum atomic E-state index is -3.74. The van der Waals surface area contributed by atoms with Gasteiger partial charge in [0.1, 0.15) is 18.3 Å². The Morgan fingerprint density at radius 1 is 1.30 bits per heavy atom. The quantitative estimate of drug-likeness (QED) is 0.789. The van der Waals surface area contributed by atoms with E-state index in [-0.39, 0.29) is 19.4 Å². The third-order valence-electron chi connectivity index (χ3n) is 3.97. The van der Waals surface area contributed by atoms with Gasteiger partial charge in [0.05, 0.1) is 10.8 Å². The van der Waals surface area contributed by atoms with Gasteiger partial charge in [-0.1, -0.05) is 6.07 Å². The van der Waals surface area contributed by atoms with E-state index >= 15 is 0 Å². The number of hydrogen-bond donors (Lipinski definition) is 0. The van der Waals surface area contributed by atoms with E-state index in [0.717, 1.165) is 4.31 Å². The van der Waals surface area contributed by atoms with Crippen LogP contribution in [0.5, 0.6) is 0 Å². The Bertz CT molecular complexity index is 698. The molecule has 0 radical (unpaired) electrons. The zero-order valence-corrected chi connectivity index (χ0v) is 14.2. The predicted molar refractivity (Wildman–Crippen MR) is 83.8 cm³/mol. The Hall–Kier alpha value is -1.34. The maximum absolute atomic E-state index is 13.9. The van der Waals surface area contributed by atoms with Crippen molar-refractivity contribution in [2.45, 2.75) is 50.6 Å². The molecular weight excluding hydrogens is 324 g/mol. The summed E-state index contributed by atoms with van der Waals surface area (Å²) in [5.41, 5.74) is 0.834. The Balaban J connectivity index is 2.47. The molecule has 128 valence electrons. The van der Waals surface area contributed by atoms with Crippen molar-refractivity contribution in [1.29, 1.82) is 0 Å². The van der Waals surface area contributed by atoms with Gasteiger partial charge in [0.2, 0.25) is 10.0 Å². The van der Waals surface area contributed by atoms with Crippen molar-refractivity contribution in [2.24, 2.45) is 0 Å². The Kier molecular flexibility index (Phi) is 4.92. The number of alkyl halides is 1. The first-order chi connectivity index (χ1) is 10.6. The standard InChI is InChI=1S/C16H21F2NO3S/c1-16(2,3)23(21,22)19-10-14(18)9-15(19)12-6-11(4-5-20)7-13(17)8-12/h5-8,14-15H,4,9-10H2,1-3H3/t14-,15-/m0/s1. The van der Waals surface area contributed by atoms with Gasteiger partial charge in [0.15, 0.2) is 0 Å². The maximum Gasteiger partial charge on any atom is 0.219 e. The molecule has 1 aliphatic rings. The van der Waals surface area contributed by atoms with Crippen molar-refractivity contribution in [2.75, 3.05) is 6.54 Å². The van der Waals surface area contributed by atoms with Gasteiger partial charge in [-0.3, -0.25) is 0 Å². The summed E-state index contributed by atoms with van der Waals surface area (Å²) in [6, 6.07) is 3.26. The molecule has 1 saturated heterocycles. The summed E-state index contributed by atoms with van der Waals surface area (Å²) in [5, 5.41) is 0. The number of carbonyl (C=O) groups excluding carboxylic acids is 1. The lowest BCUT2D eigenvalue weighted by molar-refractivity contribution is -0.107. The highest BCUT2D eigenvalue weighted by Gasteiger charge is 2.45. The van der Waals surface area contributed by atoms with Crippen LogP contribution in [0.2, 0.25) is 0 Å². The van der Waals surface area contributed by atoms with Crippen molar-refractivity contribution >= 4 is 16.3 Å². The average molecular weight is 345 g/mol. The first kappa shape index (κ1) is 18.0. The Morgan fingerprint density at radius 3 is 2.52 bits per heavy atom. The normalized spacial score (nSPS) is 23.2. The number of rotatable bonds is 4. The van der Waals surface area contributed by atoms with Gasteiger partial charge in [-0.15, -0.1) is 0 Å². The first-order valence-corrected chi connectivity index (χ1v) is 8.88. The highest BCUT2D eigenvalue weighted by atomic mass is 32.2. The summed E-state index contributed by atoms with van der Waals surface area (Å²) < 4.78 is 53.1. The molecule has 0 aromatic heterocycles. The fourth-order valence-electron chi connectivity index (χ4n) is 2.76. The van der Waals surface area contributed by atoms with Crippen molar-refractivity contribution in [3.63, 3.8) is 0 Å². The third kappa shape index (κ3) is 3.61. The minimum Gasteiger partial charge on any atom is -0.303 e. The summed E-state index contributed by atoms with van der Waals surface area (Å²) in [6.45, 7) is 4.42. The van der Waals surface area contributed by atoms with Crippen LogP contribution in [0.4, 0.5) is 8.78 Å². The van der Waals surface area contributed by atoms with Crippen LogP contribution in [0.3, 0.4) is 0 Å². The van der Waals surface area contributed by atoms with E-state index < -0.39 is 32.8 Å². The first-order valence-electron chi connectivity index (χ1n) is 7.44.